The van der Waals surface area contributed by atoms with Crippen LogP contribution in [0.25, 0.3) is 11.4 Å². The lowest BCUT2D eigenvalue weighted by Crippen LogP contribution is -1.99. The largest absolute Gasteiger partial charge is 0.494 e. The molecule has 0 bridgehead atoms. The number of aromatic amines is 1. The SMILES string of the molecule is CCCOc1ccc(/C=N\n2c(-c3ccccc3OCC)n[nH]c2=S)cc1. The van der Waals surface area contributed by atoms with Crippen LogP contribution >= 0.6 is 12.2 Å². The van der Waals surface area contributed by atoms with Crippen LogP contribution in [-0.4, -0.2) is 34.3 Å². The Morgan fingerprint density at radius 1 is 1.11 bits per heavy atom. The summed E-state index contributed by atoms with van der Waals surface area (Å²) in [4.78, 5) is 0. The van der Waals surface area contributed by atoms with Crippen LogP contribution in [0.1, 0.15) is 25.8 Å². The van der Waals surface area contributed by atoms with Gasteiger partial charge in [0.15, 0.2) is 5.82 Å². The van der Waals surface area contributed by atoms with Crippen molar-refractivity contribution in [3.63, 3.8) is 0 Å². The molecule has 0 radical (unpaired) electrons. The van der Waals surface area contributed by atoms with E-state index in [2.05, 4.69) is 22.2 Å². The van der Waals surface area contributed by atoms with Crippen molar-refractivity contribution in [1.82, 2.24) is 14.9 Å². The van der Waals surface area contributed by atoms with Gasteiger partial charge in [0.1, 0.15) is 11.5 Å². The molecule has 7 heteroatoms. The van der Waals surface area contributed by atoms with Gasteiger partial charge in [-0.05, 0) is 67.5 Å². The zero-order valence-corrected chi connectivity index (χ0v) is 16.2. The molecule has 1 N–H and O–H groups in total. The molecule has 0 unspecified atom stereocenters. The first kappa shape index (κ1) is 18.8. The molecular weight excluding hydrogens is 360 g/mol. The van der Waals surface area contributed by atoms with E-state index in [1.54, 1.807) is 10.9 Å². The van der Waals surface area contributed by atoms with Gasteiger partial charge >= 0.3 is 0 Å². The highest BCUT2D eigenvalue weighted by molar-refractivity contribution is 7.71. The van der Waals surface area contributed by atoms with E-state index in [0.717, 1.165) is 29.0 Å². The zero-order valence-electron chi connectivity index (χ0n) is 15.4. The number of ether oxygens (including phenoxy) is 2. The second-order valence-corrected chi connectivity index (χ2v) is 6.14. The Morgan fingerprint density at radius 3 is 2.63 bits per heavy atom. The lowest BCUT2D eigenvalue weighted by molar-refractivity contribution is 0.317. The van der Waals surface area contributed by atoms with Gasteiger partial charge in [-0.25, -0.2) is 5.10 Å². The van der Waals surface area contributed by atoms with Crippen LogP contribution in [0.3, 0.4) is 0 Å². The molecule has 1 aromatic heterocycles. The molecule has 0 fully saturated rings. The maximum atomic E-state index is 5.70. The van der Waals surface area contributed by atoms with Crippen LogP contribution in [0.4, 0.5) is 0 Å². The standard InChI is InChI=1S/C20H22N4O2S/c1-3-13-26-16-11-9-15(10-12-16)14-21-24-19(22-23-20(24)27)17-7-5-6-8-18(17)25-4-2/h5-12,14H,3-4,13H2,1-2H3,(H,23,27)/b21-14-. The van der Waals surface area contributed by atoms with E-state index < -0.39 is 0 Å². The normalized spacial score (nSPS) is 11.0. The van der Waals surface area contributed by atoms with E-state index in [4.69, 9.17) is 21.7 Å². The highest BCUT2D eigenvalue weighted by atomic mass is 32.1. The monoisotopic (exact) mass is 382 g/mol. The Hall–Kier alpha value is -2.93. The highest BCUT2D eigenvalue weighted by Crippen LogP contribution is 2.28. The Kier molecular flexibility index (Phi) is 6.38. The fourth-order valence-corrected chi connectivity index (χ4v) is 2.68. The summed E-state index contributed by atoms with van der Waals surface area (Å²) in [6.07, 6.45) is 2.72. The van der Waals surface area contributed by atoms with Gasteiger partial charge in [0.25, 0.3) is 0 Å². The summed E-state index contributed by atoms with van der Waals surface area (Å²) in [5.74, 6) is 2.19. The fraction of sp³-hybridized carbons (Fsp3) is 0.250. The summed E-state index contributed by atoms with van der Waals surface area (Å²) in [6, 6.07) is 15.4. The third kappa shape index (κ3) is 4.62. The predicted octanol–water partition coefficient (Wildman–Crippen LogP) is 4.68. The van der Waals surface area contributed by atoms with Crippen LogP contribution in [0.5, 0.6) is 11.5 Å². The molecular formula is C20H22N4O2S. The molecule has 0 spiro atoms. The second kappa shape index (κ2) is 9.14. The number of nitrogens with zero attached hydrogens (tertiary/aromatic N) is 3. The Morgan fingerprint density at radius 2 is 1.89 bits per heavy atom. The average molecular weight is 382 g/mol. The summed E-state index contributed by atoms with van der Waals surface area (Å²) in [5.41, 5.74) is 1.76. The van der Waals surface area contributed by atoms with Gasteiger partial charge in [0, 0.05) is 0 Å². The van der Waals surface area contributed by atoms with Gasteiger partial charge in [-0.2, -0.15) is 14.9 Å². The number of benzene rings is 2. The topological polar surface area (TPSA) is 64.4 Å². The third-order valence-electron chi connectivity index (χ3n) is 3.75. The summed E-state index contributed by atoms with van der Waals surface area (Å²) >= 11 is 5.34. The molecule has 0 aliphatic rings. The smallest absolute Gasteiger partial charge is 0.216 e. The molecule has 0 aliphatic heterocycles. The molecule has 2 aromatic carbocycles. The first-order valence-corrected chi connectivity index (χ1v) is 9.30. The number of para-hydroxylation sites is 1. The van der Waals surface area contributed by atoms with E-state index in [9.17, 15) is 0 Å². The summed E-state index contributed by atoms with van der Waals surface area (Å²) in [5, 5.41) is 11.6. The highest BCUT2D eigenvalue weighted by Gasteiger charge is 2.13. The summed E-state index contributed by atoms with van der Waals surface area (Å²) in [7, 11) is 0. The van der Waals surface area contributed by atoms with Crippen LogP contribution in [0, 0.1) is 4.77 Å². The molecule has 0 amide bonds. The third-order valence-corrected chi connectivity index (χ3v) is 4.02. The molecule has 0 saturated carbocycles. The molecule has 3 rings (SSSR count). The van der Waals surface area contributed by atoms with E-state index >= 15 is 0 Å². The molecule has 0 saturated heterocycles. The van der Waals surface area contributed by atoms with Crippen LogP contribution < -0.4 is 9.47 Å². The summed E-state index contributed by atoms with van der Waals surface area (Å²) < 4.78 is 13.3. The molecule has 140 valence electrons. The van der Waals surface area contributed by atoms with Crippen LogP contribution in [0.2, 0.25) is 0 Å². The average Bonchev–Trinajstić information content (AvgIpc) is 3.06. The van der Waals surface area contributed by atoms with Gasteiger partial charge in [0.2, 0.25) is 4.77 Å². The number of hydrogen-bond donors (Lipinski definition) is 1. The van der Waals surface area contributed by atoms with Crippen molar-refractivity contribution in [3.05, 3.63) is 58.9 Å². The van der Waals surface area contributed by atoms with Crippen molar-refractivity contribution >= 4 is 18.4 Å². The molecule has 1 heterocycles. The van der Waals surface area contributed by atoms with Crippen molar-refractivity contribution < 1.29 is 9.47 Å². The minimum Gasteiger partial charge on any atom is -0.494 e. The molecule has 27 heavy (non-hydrogen) atoms. The fourth-order valence-electron chi connectivity index (χ4n) is 2.50. The number of nitrogens with one attached hydrogen (secondary N) is 1. The van der Waals surface area contributed by atoms with Crippen LogP contribution in [0.15, 0.2) is 53.6 Å². The lowest BCUT2D eigenvalue weighted by atomic mass is 10.2. The molecule has 0 atom stereocenters. The maximum absolute atomic E-state index is 5.70. The number of aromatic nitrogens is 3. The second-order valence-electron chi connectivity index (χ2n) is 5.76. The quantitative estimate of drug-likeness (QED) is 0.454. The van der Waals surface area contributed by atoms with Crippen molar-refractivity contribution in [3.8, 4) is 22.9 Å². The Labute approximate surface area is 163 Å². The minimum atomic E-state index is 0.412. The number of rotatable bonds is 8. The maximum Gasteiger partial charge on any atom is 0.216 e. The van der Waals surface area contributed by atoms with Crippen LogP contribution in [-0.2, 0) is 0 Å². The van der Waals surface area contributed by atoms with Crippen molar-refractivity contribution in [2.75, 3.05) is 13.2 Å². The lowest BCUT2D eigenvalue weighted by Gasteiger charge is -2.08. The number of H-pyrrole nitrogens is 1. The van der Waals surface area contributed by atoms with E-state index in [1.165, 1.54) is 0 Å². The van der Waals surface area contributed by atoms with E-state index in [1.807, 2.05) is 55.5 Å². The van der Waals surface area contributed by atoms with Crippen molar-refractivity contribution in [2.24, 2.45) is 5.10 Å². The molecule has 0 aliphatic carbocycles. The Bertz CT molecular complexity index is 961. The summed E-state index contributed by atoms with van der Waals surface area (Å²) in [6.45, 7) is 5.30. The minimum absolute atomic E-state index is 0.412. The first-order chi connectivity index (χ1) is 13.2. The van der Waals surface area contributed by atoms with Crippen molar-refractivity contribution in [2.45, 2.75) is 20.3 Å². The van der Waals surface area contributed by atoms with Crippen molar-refractivity contribution in [1.29, 1.82) is 0 Å². The Balaban J connectivity index is 1.87. The van der Waals surface area contributed by atoms with Gasteiger partial charge in [-0.1, -0.05) is 19.1 Å². The molecule has 6 nitrogen and oxygen atoms in total. The first-order valence-electron chi connectivity index (χ1n) is 8.89. The van der Waals surface area contributed by atoms with Gasteiger partial charge in [0.05, 0.1) is 25.0 Å². The van der Waals surface area contributed by atoms with Gasteiger partial charge < -0.3 is 9.47 Å². The van der Waals surface area contributed by atoms with E-state index in [-0.39, 0.29) is 0 Å². The van der Waals surface area contributed by atoms with Gasteiger partial charge in [-0.3, -0.25) is 0 Å². The zero-order chi connectivity index (χ0) is 19.1. The van der Waals surface area contributed by atoms with E-state index in [0.29, 0.717) is 23.8 Å². The molecule has 3 aromatic rings. The van der Waals surface area contributed by atoms with Gasteiger partial charge in [-0.15, -0.1) is 0 Å². The predicted molar refractivity (Wildman–Crippen MR) is 109 cm³/mol. The number of hydrogen-bond acceptors (Lipinski definition) is 5.